The predicted molar refractivity (Wildman–Crippen MR) is 65.4 cm³/mol. The first-order valence-electron chi connectivity index (χ1n) is 4.80. The Morgan fingerprint density at radius 2 is 2.24 bits per heavy atom. The molecule has 2 N–H and O–H groups in total. The molecule has 0 fully saturated rings. The third-order valence-electron chi connectivity index (χ3n) is 2.22. The fraction of sp³-hybridized carbons (Fsp3) is 0.182. The van der Waals surface area contributed by atoms with Crippen molar-refractivity contribution in [2.24, 2.45) is 5.73 Å². The number of halogens is 1. The van der Waals surface area contributed by atoms with Gasteiger partial charge in [0.2, 0.25) is 5.76 Å². The monoisotopic (exact) mass is 271 g/mol. The number of nitrogens with two attached hydrogens (primary N) is 1. The van der Waals surface area contributed by atoms with Crippen molar-refractivity contribution in [3.05, 3.63) is 45.0 Å². The SMILES string of the molecule is COC(=O)c1ccc(C(N)c2ccc(Cl)s2)o1. The van der Waals surface area contributed by atoms with E-state index < -0.39 is 12.0 Å². The van der Waals surface area contributed by atoms with Gasteiger partial charge in [0.25, 0.3) is 0 Å². The van der Waals surface area contributed by atoms with Crippen LogP contribution in [0, 0.1) is 0 Å². The molecule has 17 heavy (non-hydrogen) atoms. The molecule has 2 aromatic heterocycles. The molecule has 0 aliphatic rings. The van der Waals surface area contributed by atoms with E-state index in [1.165, 1.54) is 24.5 Å². The summed E-state index contributed by atoms with van der Waals surface area (Å²) in [6.07, 6.45) is 0. The maximum Gasteiger partial charge on any atom is 0.373 e. The van der Waals surface area contributed by atoms with Crippen molar-refractivity contribution in [3.8, 4) is 0 Å². The third kappa shape index (κ3) is 2.52. The molecule has 0 aliphatic carbocycles. The number of carbonyl (C=O) groups is 1. The van der Waals surface area contributed by atoms with Crippen molar-refractivity contribution in [2.45, 2.75) is 6.04 Å². The highest BCUT2D eigenvalue weighted by atomic mass is 35.5. The van der Waals surface area contributed by atoms with E-state index in [-0.39, 0.29) is 5.76 Å². The fourth-order valence-electron chi connectivity index (χ4n) is 1.37. The molecule has 0 saturated carbocycles. The van der Waals surface area contributed by atoms with Gasteiger partial charge in [-0.05, 0) is 24.3 Å². The van der Waals surface area contributed by atoms with Gasteiger partial charge in [-0.25, -0.2) is 4.79 Å². The van der Waals surface area contributed by atoms with Crippen LogP contribution < -0.4 is 5.73 Å². The Labute approximate surface area is 107 Å². The van der Waals surface area contributed by atoms with Gasteiger partial charge in [-0.1, -0.05) is 11.6 Å². The molecule has 0 spiro atoms. The molecule has 0 radical (unpaired) electrons. The van der Waals surface area contributed by atoms with Crippen LogP contribution in [0.25, 0.3) is 0 Å². The van der Waals surface area contributed by atoms with E-state index in [0.717, 1.165) is 4.88 Å². The van der Waals surface area contributed by atoms with Crippen LogP contribution in [0.4, 0.5) is 0 Å². The van der Waals surface area contributed by atoms with Gasteiger partial charge < -0.3 is 14.9 Å². The van der Waals surface area contributed by atoms with Gasteiger partial charge in [0, 0.05) is 4.88 Å². The Kier molecular flexibility index (Phi) is 3.51. The second-order valence-corrected chi connectivity index (χ2v) is 5.06. The summed E-state index contributed by atoms with van der Waals surface area (Å²) < 4.78 is 10.5. The van der Waals surface area contributed by atoms with E-state index in [4.69, 9.17) is 21.8 Å². The van der Waals surface area contributed by atoms with Crippen LogP contribution in [-0.4, -0.2) is 13.1 Å². The minimum Gasteiger partial charge on any atom is -0.463 e. The van der Waals surface area contributed by atoms with Crippen molar-refractivity contribution in [3.63, 3.8) is 0 Å². The smallest absolute Gasteiger partial charge is 0.373 e. The van der Waals surface area contributed by atoms with Crippen molar-refractivity contribution in [1.82, 2.24) is 0 Å². The number of methoxy groups -OCH3 is 1. The van der Waals surface area contributed by atoms with Crippen molar-refractivity contribution in [2.75, 3.05) is 7.11 Å². The van der Waals surface area contributed by atoms with Gasteiger partial charge >= 0.3 is 5.97 Å². The number of hydrogen-bond acceptors (Lipinski definition) is 5. The largest absolute Gasteiger partial charge is 0.463 e. The number of furan rings is 1. The molecule has 0 aromatic carbocycles. The lowest BCUT2D eigenvalue weighted by molar-refractivity contribution is 0.0563. The molecule has 1 atom stereocenters. The first-order chi connectivity index (χ1) is 8.11. The summed E-state index contributed by atoms with van der Waals surface area (Å²) in [5.41, 5.74) is 5.99. The van der Waals surface area contributed by atoms with Gasteiger partial charge in [-0.15, -0.1) is 11.3 Å². The van der Waals surface area contributed by atoms with Crippen LogP contribution in [0.1, 0.15) is 27.2 Å². The molecule has 6 heteroatoms. The van der Waals surface area contributed by atoms with Crippen molar-refractivity contribution < 1.29 is 13.9 Å². The Bertz CT molecular complexity index is 534. The summed E-state index contributed by atoms with van der Waals surface area (Å²) >= 11 is 7.21. The van der Waals surface area contributed by atoms with Gasteiger partial charge in [-0.3, -0.25) is 0 Å². The Balaban J connectivity index is 2.23. The molecule has 4 nitrogen and oxygen atoms in total. The second-order valence-electron chi connectivity index (χ2n) is 3.31. The van der Waals surface area contributed by atoms with E-state index in [0.29, 0.717) is 10.1 Å². The number of rotatable bonds is 3. The van der Waals surface area contributed by atoms with E-state index in [2.05, 4.69) is 4.74 Å². The van der Waals surface area contributed by atoms with E-state index >= 15 is 0 Å². The number of ether oxygens (including phenoxy) is 1. The molecule has 1 unspecified atom stereocenters. The summed E-state index contributed by atoms with van der Waals surface area (Å²) in [7, 11) is 1.30. The third-order valence-corrected chi connectivity index (χ3v) is 3.53. The highest BCUT2D eigenvalue weighted by Crippen LogP contribution is 2.30. The van der Waals surface area contributed by atoms with E-state index in [1.807, 2.05) is 6.07 Å². The second kappa shape index (κ2) is 4.91. The molecule has 0 bridgehead atoms. The average Bonchev–Trinajstić information content (AvgIpc) is 2.95. The van der Waals surface area contributed by atoms with E-state index in [1.54, 1.807) is 12.1 Å². The normalized spacial score (nSPS) is 12.4. The zero-order valence-corrected chi connectivity index (χ0v) is 10.5. The Morgan fingerprint density at radius 1 is 1.47 bits per heavy atom. The number of carbonyl (C=O) groups excluding carboxylic acids is 1. The molecule has 2 heterocycles. The van der Waals surface area contributed by atoms with E-state index in [9.17, 15) is 4.79 Å². The van der Waals surface area contributed by atoms with Crippen LogP contribution in [0.15, 0.2) is 28.7 Å². The van der Waals surface area contributed by atoms with Gasteiger partial charge in [-0.2, -0.15) is 0 Å². The Hall–Kier alpha value is -1.30. The van der Waals surface area contributed by atoms with Crippen LogP contribution in [0.3, 0.4) is 0 Å². The summed E-state index contributed by atoms with van der Waals surface area (Å²) in [6, 6.07) is 6.37. The number of esters is 1. The summed E-state index contributed by atoms with van der Waals surface area (Å²) in [4.78, 5) is 12.1. The first-order valence-corrected chi connectivity index (χ1v) is 6.00. The lowest BCUT2D eigenvalue weighted by Gasteiger charge is -2.05. The summed E-state index contributed by atoms with van der Waals surface area (Å²) in [5.74, 6) is 0.122. The zero-order valence-electron chi connectivity index (χ0n) is 8.98. The van der Waals surface area contributed by atoms with Crippen LogP contribution in [0.5, 0.6) is 0 Å². The van der Waals surface area contributed by atoms with Gasteiger partial charge in [0.15, 0.2) is 0 Å². The number of thiophene rings is 1. The minimum absolute atomic E-state index is 0.139. The molecular weight excluding hydrogens is 262 g/mol. The lowest BCUT2D eigenvalue weighted by Crippen LogP contribution is -2.09. The zero-order chi connectivity index (χ0) is 12.4. The summed E-state index contributed by atoms with van der Waals surface area (Å²) in [5, 5.41) is 0. The van der Waals surface area contributed by atoms with Crippen molar-refractivity contribution >= 4 is 28.9 Å². The lowest BCUT2D eigenvalue weighted by atomic mass is 10.2. The molecule has 0 saturated heterocycles. The van der Waals surface area contributed by atoms with Crippen LogP contribution in [-0.2, 0) is 4.74 Å². The molecule has 0 aliphatic heterocycles. The van der Waals surface area contributed by atoms with Gasteiger partial charge in [0.1, 0.15) is 5.76 Å². The van der Waals surface area contributed by atoms with Gasteiger partial charge in [0.05, 0.1) is 17.5 Å². The quantitative estimate of drug-likeness (QED) is 0.872. The van der Waals surface area contributed by atoms with Crippen LogP contribution >= 0.6 is 22.9 Å². The fourth-order valence-corrected chi connectivity index (χ4v) is 2.44. The number of hydrogen-bond donors (Lipinski definition) is 1. The maximum absolute atomic E-state index is 11.2. The Morgan fingerprint density at radius 3 is 2.82 bits per heavy atom. The standard InChI is InChI=1S/C11H10ClNO3S/c1-15-11(14)7-3-2-6(16-7)10(13)8-4-5-9(12)17-8/h2-5,10H,13H2,1H3. The summed E-state index contributed by atoms with van der Waals surface area (Å²) in [6.45, 7) is 0. The maximum atomic E-state index is 11.2. The predicted octanol–water partition coefficient (Wildman–Crippen LogP) is 2.83. The average molecular weight is 272 g/mol. The van der Waals surface area contributed by atoms with Crippen LogP contribution in [0.2, 0.25) is 4.34 Å². The molecule has 0 amide bonds. The molecule has 2 aromatic rings. The van der Waals surface area contributed by atoms with Crippen molar-refractivity contribution in [1.29, 1.82) is 0 Å². The molecular formula is C11H10ClNO3S. The molecule has 2 rings (SSSR count). The first kappa shape index (κ1) is 12.2. The minimum atomic E-state index is -0.521. The highest BCUT2D eigenvalue weighted by molar-refractivity contribution is 7.16. The topological polar surface area (TPSA) is 65.5 Å². The highest BCUT2D eigenvalue weighted by Gasteiger charge is 2.18. The molecule has 90 valence electrons.